The van der Waals surface area contributed by atoms with Crippen LogP contribution in [-0.2, 0) is 4.79 Å². The molecule has 2 heterocycles. The van der Waals surface area contributed by atoms with Crippen molar-refractivity contribution in [3.63, 3.8) is 0 Å². The van der Waals surface area contributed by atoms with Crippen LogP contribution >= 0.6 is 35.0 Å². The molecule has 0 aromatic carbocycles. The normalized spacial score (nSPS) is 15.0. The number of pyridine rings is 1. The number of carbonyl (C=O) groups excluding carboxylic acids is 1. The van der Waals surface area contributed by atoms with Gasteiger partial charge in [-0.25, -0.2) is 9.97 Å². The molecule has 1 amide bonds. The highest BCUT2D eigenvalue weighted by atomic mass is 35.5. The Kier molecular flexibility index (Phi) is 5.63. The molecule has 0 aliphatic heterocycles. The summed E-state index contributed by atoms with van der Waals surface area (Å²) < 4.78 is 0. The molecule has 0 bridgehead atoms. The van der Waals surface area contributed by atoms with Crippen LogP contribution in [0.1, 0.15) is 43.0 Å². The van der Waals surface area contributed by atoms with Crippen molar-refractivity contribution < 1.29 is 4.79 Å². The fourth-order valence-electron chi connectivity index (χ4n) is 2.65. The predicted molar refractivity (Wildman–Crippen MR) is 95.9 cm³/mol. The maximum absolute atomic E-state index is 12.1. The minimum atomic E-state index is -0.219. The smallest absolute Gasteiger partial charge is 0.236 e. The Morgan fingerprint density at radius 1 is 1.42 bits per heavy atom. The average Bonchev–Trinajstić information content (AvgIpc) is 3.24. The molecule has 24 heavy (non-hydrogen) atoms. The second kappa shape index (κ2) is 7.72. The van der Waals surface area contributed by atoms with Gasteiger partial charge in [-0.05, 0) is 25.3 Å². The zero-order chi connectivity index (χ0) is 17.1. The van der Waals surface area contributed by atoms with Crippen molar-refractivity contribution in [3.05, 3.63) is 27.6 Å². The van der Waals surface area contributed by atoms with Gasteiger partial charge < -0.3 is 5.32 Å². The summed E-state index contributed by atoms with van der Waals surface area (Å²) in [4.78, 5) is 20.6. The largest absolute Gasteiger partial charge is 0.309 e. The van der Waals surface area contributed by atoms with Crippen molar-refractivity contribution in [2.24, 2.45) is 0 Å². The number of hydrogen-bond acceptors (Lipinski definition) is 5. The summed E-state index contributed by atoms with van der Waals surface area (Å²) in [6, 6.07) is 0. The van der Waals surface area contributed by atoms with Gasteiger partial charge in [0.15, 0.2) is 5.82 Å². The molecule has 0 spiro atoms. The number of anilines is 1. The first kappa shape index (κ1) is 17.5. The van der Waals surface area contributed by atoms with E-state index in [-0.39, 0.29) is 11.7 Å². The molecule has 2 aromatic rings. The Labute approximate surface area is 154 Å². The summed E-state index contributed by atoms with van der Waals surface area (Å²) in [5.41, 5.74) is 0.687. The van der Waals surface area contributed by atoms with Gasteiger partial charge >= 0.3 is 0 Å². The molecule has 6 nitrogen and oxygen atoms in total. The highest BCUT2D eigenvalue weighted by molar-refractivity contribution is 7.99. The van der Waals surface area contributed by atoms with E-state index in [2.05, 4.69) is 25.5 Å². The lowest BCUT2D eigenvalue weighted by molar-refractivity contribution is -0.113. The number of aromatic amines is 1. The third kappa shape index (κ3) is 4.02. The van der Waals surface area contributed by atoms with Crippen molar-refractivity contribution in [2.45, 2.75) is 43.7 Å². The van der Waals surface area contributed by atoms with Gasteiger partial charge in [0, 0.05) is 12.1 Å². The molecule has 2 N–H and O–H groups in total. The van der Waals surface area contributed by atoms with E-state index in [0.29, 0.717) is 32.5 Å². The fraction of sp³-hybridized carbons (Fsp3) is 0.467. The second-order valence-electron chi connectivity index (χ2n) is 5.72. The number of nitrogens with zero attached hydrogens (tertiary/aromatic N) is 3. The number of hydrogen-bond donors (Lipinski definition) is 2. The van der Waals surface area contributed by atoms with Crippen molar-refractivity contribution in [2.75, 3.05) is 11.1 Å². The number of thioether (sulfide) groups is 1. The minimum Gasteiger partial charge on any atom is -0.309 e. The first-order valence-corrected chi connectivity index (χ1v) is 9.44. The van der Waals surface area contributed by atoms with E-state index in [0.717, 1.165) is 18.7 Å². The summed E-state index contributed by atoms with van der Waals surface area (Å²) in [6.07, 6.45) is 6.25. The monoisotopic (exact) mass is 385 g/mol. The standard InChI is InChI=1S/C15H17Cl2N5OS/c1-8-10(16)6-18-14(12(8)17)19-11(23)7-24-15-20-13(21-22-15)9-4-2-3-5-9/h6,9H,2-5,7H2,1H3,(H,18,19,23)(H,20,21,22). The van der Waals surface area contributed by atoms with Gasteiger partial charge in [0.25, 0.3) is 0 Å². The number of aromatic nitrogens is 4. The van der Waals surface area contributed by atoms with Gasteiger partial charge in [-0.3, -0.25) is 9.89 Å². The van der Waals surface area contributed by atoms with Crippen molar-refractivity contribution in [3.8, 4) is 0 Å². The third-order valence-electron chi connectivity index (χ3n) is 4.02. The highest BCUT2D eigenvalue weighted by Crippen LogP contribution is 2.32. The lowest BCUT2D eigenvalue weighted by atomic mass is 10.1. The molecule has 0 atom stereocenters. The molecule has 1 saturated carbocycles. The van der Waals surface area contributed by atoms with Crippen LogP contribution in [0.2, 0.25) is 10.0 Å². The molecule has 128 valence electrons. The molecule has 0 saturated heterocycles. The number of amides is 1. The third-order valence-corrected chi connectivity index (χ3v) is 5.71. The molecule has 0 radical (unpaired) electrons. The van der Waals surface area contributed by atoms with Gasteiger partial charge in [-0.15, -0.1) is 5.10 Å². The van der Waals surface area contributed by atoms with E-state index in [4.69, 9.17) is 23.2 Å². The number of carbonyl (C=O) groups is 1. The zero-order valence-corrected chi connectivity index (χ0v) is 15.4. The molecular weight excluding hydrogens is 369 g/mol. The Bertz CT molecular complexity index is 745. The lowest BCUT2D eigenvalue weighted by Gasteiger charge is -2.08. The Morgan fingerprint density at radius 2 is 2.17 bits per heavy atom. The maximum Gasteiger partial charge on any atom is 0.236 e. The van der Waals surface area contributed by atoms with Gasteiger partial charge in [0.05, 0.1) is 15.8 Å². The van der Waals surface area contributed by atoms with E-state index < -0.39 is 0 Å². The van der Waals surface area contributed by atoms with Crippen molar-refractivity contribution >= 4 is 46.7 Å². The van der Waals surface area contributed by atoms with E-state index >= 15 is 0 Å². The van der Waals surface area contributed by atoms with Crippen molar-refractivity contribution in [1.82, 2.24) is 20.2 Å². The lowest BCUT2D eigenvalue weighted by Crippen LogP contribution is -2.15. The molecule has 0 unspecified atom stereocenters. The number of nitrogens with one attached hydrogen (secondary N) is 2. The first-order chi connectivity index (χ1) is 11.5. The van der Waals surface area contributed by atoms with E-state index in [1.807, 2.05) is 0 Å². The maximum atomic E-state index is 12.1. The molecule has 1 fully saturated rings. The Hall–Kier alpha value is -1.31. The van der Waals surface area contributed by atoms with Crippen LogP contribution in [0, 0.1) is 6.92 Å². The topological polar surface area (TPSA) is 83.6 Å². The van der Waals surface area contributed by atoms with Gasteiger partial charge in [-0.2, -0.15) is 0 Å². The number of rotatable bonds is 5. The molecule has 3 rings (SSSR count). The molecule has 9 heteroatoms. The number of H-pyrrole nitrogens is 1. The van der Waals surface area contributed by atoms with Crippen LogP contribution in [0.25, 0.3) is 0 Å². The summed E-state index contributed by atoms with van der Waals surface area (Å²) in [5.74, 6) is 1.67. The second-order valence-corrected chi connectivity index (χ2v) is 7.44. The van der Waals surface area contributed by atoms with Gasteiger partial charge in [0.1, 0.15) is 5.82 Å². The quantitative estimate of drug-likeness (QED) is 0.753. The van der Waals surface area contributed by atoms with Crippen LogP contribution < -0.4 is 5.32 Å². The predicted octanol–water partition coefficient (Wildman–Crippen LogP) is 4.20. The average molecular weight is 386 g/mol. The van der Waals surface area contributed by atoms with Crippen molar-refractivity contribution in [1.29, 1.82) is 0 Å². The minimum absolute atomic E-state index is 0.182. The highest BCUT2D eigenvalue weighted by Gasteiger charge is 2.21. The van der Waals surface area contributed by atoms with Crippen LogP contribution in [0.4, 0.5) is 5.82 Å². The summed E-state index contributed by atoms with van der Waals surface area (Å²) in [6.45, 7) is 1.77. The van der Waals surface area contributed by atoms with E-state index in [1.165, 1.54) is 30.8 Å². The van der Waals surface area contributed by atoms with E-state index in [1.54, 1.807) is 6.92 Å². The summed E-state index contributed by atoms with van der Waals surface area (Å²) >= 11 is 13.4. The molecule has 1 aliphatic rings. The molecule has 2 aromatic heterocycles. The zero-order valence-electron chi connectivity index (χ0n) is 13.1. The van der Waals surface area contributed by atoms with Crippen LogP contribution in [0.5, 0.6) is 0 Å². The van der Waals surface area contributed by atoms with Gasteiger partial charge in [-0.1, -0.05) is 47.8 Å². The SMILES string of the molecule is Cc1c(Cl)cnc(NC(=O)CSc2n[nH]c(C3CCCC3)n2)c1Cl. The van der Waals surface area contributed by atoms with E-state index in [9.17, 15) is 4.79 Å². The summed E-state index contributed by atoms with van der Waals surface area (Å²) in [7, 11) is 0. The fourth-order valence-corrected chi connectivity index (χ4v) is 3.64. The van der Waals surface area contributed by atoms with Crippen LogP contribution in [0.3, 0.4) is 0 Å². The molecule has 1 aliphatic carbocycles. The number of halogens is 2. The Morgan fingerprint density at radius 3 is 2.92 bits per heavy atom. The van der Waals surface area contributed by atoms with Crippen LogP contribution in [0.15, 0.2) is 11.4 Å². The Balaban J connectivity index is 1.55. The van der Waals surface area contributed by atoms with Gasteiger partial charge in [0.2, 0.25) is 11.1 Å². The summed E-state index contributed by atoms with van der Waals surface area (Å²) in [5, 5.41) is 11.2. The first-order valence-electron chi connectivity index (χ1n) is 7.70. The molecular formula is C15H17Cl2N5OS. The van der Waals surface area contributed by atoms with Crippen LogP contribution in [-0.4, -0.2) is 31.8 Å².